The van der Waals surface area contributed by atoms with Gasteiger partial charge in [-0.2, -0.15) is 4.98 Å². The summed E-state index contributed by atoms with van der Waals surface area (Å²) in [5.74, 6) is -0.408. The van der Waals surface area contributed by atoms with Gasteiger partial charge in [0.1, 0.15) is 5.82 Å². The van der Waals surface area contributed by atoms with Gasteiger partial charge in [0.2, 0.25) is 5.28 Å². The number of hydrogen-bond acceptors (Lipinski definition) is 4. The van der Waals surface area contributed by atoms with E-state index in [-0.39, 0.29) is 16.7 Å². The maximum Gasteiger partial charge on any atom is 0.254 e. The lowest BCUT2D eigenvalue weighted by atomic mass is 10.2. The number of halogens is 3. The molecule has 0 saturated carbocycles. The molecule has 104 valence electrons. The first-order valence-electron chi connectivity index (χ1n) is 5.48. The summed E-state index contributed by atoms with van der Waals surface area (Å²) in [6.45, 7) is 0.313. The van der Waals surface area contributed by atoms with Gasteiger partial charge in [0.15, 0.2) is 0 Å². The lowest BCUT2D eigenvalue weighted by Gasteiger charge is -2.10. The molecule has 1 aromatic heterocycles. The van der Waals surface area contributed by atoms with Crippen LogP contribution in [0, 0.1) is 0 Å². The number of anilines is 1. The zero-order valence-electron chi connectivity index (χ0n) is 10.0. The molecule has 0 spiro atoms. The minimum atomic E-state index is -0.652. The van der Waals surface area contributed by atoms with Crippen LogP contribution in [0.1, 0.15) is 15.9 Å². The van der Waals surface area contributed by atoms with Gasteiger partial charge in [0, 0.05) is 12.7 Å². The summed E-state index contributed by atoms with van der Waals surface area (Å²) in [6.07, 6.45) is 1.26. The Morgan fingerprint density at radius 3 is 2.75 bits per heavy atom. The Labute approximate surface area is 130 Å². The molecule has 2 aromatic rings. The Morgan fingerprint density at radius 1 is 1.30 bits per heavy atom. The lowest BCUT2D eigenvalue weighted by molar-refractivity contribution is 0.100. The first-order valence-corrected chi connectivity index (χ1v) is 6.61. The molecule has 5 nitrogen and oxygen atoms in total. The molecule has 0 unspecified atom stereocenters. The fourth-order valence-electron chi connectivity index (χ4n) is 1.54. The molecule has 0 aliphatic carbocycles. The fourth-order valence-corrected chi connectivity index (χ4v) is 2.06. The molecule has 1 amide bonds. The summed E-state index contributed by atoms with van der Waals surface area (Å²) < 4.78 is 0. The second-order valence-corrected chi connectivity index (χ2v) is 4.96. The largest absolute Gasteiger partial charge is 0.365 e. The highest BCUT2D eigenvalue weighted by atomic mass is 35.5. The molecule has 0 aliphatic heterocycles. The van der Waals surface area contributed by atoms with Crippen molar-refractivity contribution in [1.82, 2.24) is 9.97 Å². The van der Waals surface area contributed by atoms with Crippen LogP contribution in [0.4, 0.5) is 5.82 Å². The van der Waals surface area contributed by atoms with E-state index in [4.69, 9.17) is 40.5 Å². The number of nitrogens with zero attached hydrogens (tertiary/aromatic N) is 2. The Kier molecular flexibility index (Phi) is 4.65. The minimum Gasteiger partial charge on any atom is -0.365 e. The summed E-state index contributed by atoms with van der Waals surface area (Å²) in [5.41, 5.74) is 6.14. The van der Waals surface area contributed by atoms with Crippen molar-refractivity contribution in [2.45, 2.75) is 6.54 Å². The minimum absolute atomic E-state index is 0.00897. The van der Waals surface area contributed by atoms with Crippen LogP contribution in [-0.4, -0.2) is 15.9 Å². The number of primary amides is 1. The number of nitrogens with two attached hydrogens (primary N) is 1. The van der Waals surface area contributed by atoms with E-state index in [0.717, 1.165) is 5.56 Å². The summed E-state index contributed by atoms with van der Waals surface area (Å²) in [5, 5.41) is 3.83. The van der Waals surface area contributed by atoms with E-state index in [1.54, 1.807) is 18.2 Å². The first kappa shape index (κ1) is 14.8. The van der Waals surface area contributed by atoms with Crippen LogP contribution in [0.5, 0.6) is 0 Å². The standard InChI is InChI=1S/C12H9Cl3N4O/c13-8-3-1-2-6(9(8)14)4-17-11-7(10(16)20)5-18-12(15)19-11/h1-3,5H,4H2,(H2,16,20)(H,17,18,19). The molecule has 0 aliphatic rings. The van der Waals surface area contributed by atoms with Crippen LogP contribution in [0.15, 0.2) is 24.4 Å². The van der Waals surface area contributed by atoms with E-state index >= 15 is 0 Å². The van der Waals surface area contributed by atoms with Crippen molar-refractivity contribution < 1.29 is 4.79 Å². The van der Waals surface area contributed by atoms with Crippen molar-refractivity contribution in [3.63, 3.8) is 0 Å². The molecule has 1 heterocycles. The summed E-state index contributed by atoms with van der Waals surface area (Å²) in [6, 6.07) is 5.25. The normalized spacial score (nSPS) is 10.3. The second-order valence-electron chi connectivity index (χ2n) is 3.83. The van der Waals surface area contributed by atoms with Crippen LogP contribution in [0.2, 0.25) is 15.3 Å². The van der Waals surface area contributed by atoms with E-state index in [1.807, 2.05) is 0 Å². The van der Waals surface area contributed by atoms with Gasteiger partial charge in [0.05, 0.1) is 15.6 Å². The quantitative estimate of drug-likeness (QED) is 0.843. The zero-order valence-corrected chi connectivity index (χ0v) is 12.3. The van der Waals surface area contributed by atoms with Crippen molar-refractivity contribution in [2.75, 3.05) is 5.32 Å². The summed E-state index contributed by atoms with van der Waals surface area (Å²) in [4.78, 5) is 18.9. The molecule has 0 bridgehead atoms. The SMILES string of the molecule is NC(=O)c1cnc(Cl)nc1NCc1cccc(Cl)c1Cl. The topological polar surface area (TPSA) is 80.9 Å². The van der Waals surface area contributed by atoms with Crippen LogP contribution >= 0.6 is 34.8 Å². The molecule has 0 radical (unpaired) electrons. The number of carbonyl (C=O) groups is 1. The van der Waals surface area contributed by atoms with Gasteiger partial charge in [-0.3, -0.25) is 4.79 Å². The molecule has 0 atom stereocenters. The van der Waals surface area contributed by atoms with E-state index in [2.05, 4.69) is 15.3 Å². The van der Waals surface area contributed by atoms with Crippen molar-refractivity contribution in [3.8, 4) is 0 Å². The smallest absolute Gasteiger partial charge is 0.254 e. The maximum atomic E-state index is 11.3. The van der Waals surface area contributed by atoms with E-state index < -0.39 is 5.91 Å². The molecule has 20 heavy (non-hydrogen) atoms. The van der Waals surface area contributed by atoms with Crippen molar-refractivity contribution >= 4 is 46.5 Å². The van der Waals surface area contributed by atoms with Crippen molar-refractivity contribution in [1.29, 1.82) is 0 Å². The Morgan fingerprint density at radius 2 is 2.05 bits per heavy atom. The number of rotatable bonds is 4. The molecule has 0 fully saturated rings. The highest BCUT2D eigenvalue weighted by molar-refractivity contribution is 6.42. The number of benzene rings is 1. The molecular formula is C12H9Cl3N4O. The summed E-state index contributed by atoms with van der Waals surface area (Å²) in [7, 11) is 0. The van der Waals surface area contributed by atoms with Gasteiger partial charge in [-0.05, 0) is 23.2 Å². The van der Waals surface area contributed by atoms with Gasteiger partial charge in [-0.25, -0.2) is 4.98 Å². The van der Waals surface area contributed by atoms with Gasteiger partial charge < -0.3 is 11.1 Å². The van der Waals surface area contributed by atoms with E-state index in [1.165, 1.54) is 6.20 Å². The van der Waals surface area contributed by atoms with Gasteiger partial charge in [-0.15, -0.1) is 0 Å². The third kappa shape index (κ3) is 3.30. The van der Waals surface area contributed by atoms with Gasteiger partial charge in [-0.1, -0.05) is 35.3 Å². The number of carbonyl (C=O) groups excluding carboxylic acids is 1. The highest BCUT2D eigenvalue weighted by Crippen LogP contribution is 2.26. The third-order valence-corrected chi connectivity index (χ3v) is 3.54. The molecule has 1 aromatic carbocycles. The average molecular weight is 332 g/mol. The maximum absolute atomic E-state index is 11.3. The van der Waals surface area contributed by atoms with Gasteiger partial charge >= 0.3 is 0 Å². The highest BCUT2D eigenvalue weighted by Gasteiger charge is 2.12. The molecular weight excluding hydrogens is 323 g/mol. The predicted molar refractivity (Wildman–Crippen MR) is 79.3 cm³/mol. The zero-order chi connectivity index (χ0) is 14.7. The number of amides is 1. The summed E-state index contributed by atoms with van der Waals surface area (Å²) >= 11 is 17.7. The van der Waals surface area contributed by atoms with Crippen LogP contribution in [-0.2, 0) is 6.54 Å². The number of hydrogen-bond donors (Lipinski definition) is 2. The Hall–Kier alpha value is -1.56. The van der Waals surface area contributed by atoms with Crippen molar-refractivity contribution in [2.24, 2.45) is 5.73 Å². The average Bonchev–Trinajstić information content (AvgIpc) is 2.40. The Balaban J connectivity index is 2.24. The van der Waals surface area contributed by atoms with E-state index in [9.17, 15) is 4.79 Å². The van der Waals surface area contributed by atoms with Crippen molar-refractivity contribution in [3.05, 3.63) is 50.9 Å². The van der Waals surface area contributed by atoms with Crippen LogP contribution in [0.3, 0.4) is 0 Å². The molecule has 0 saturated heterocycles. The number of aromatic nitrogens is 2. The lowest BCUT2D eigenvalue weighted by Crippen LogP contribution is -2.16. The van der Waals surface area contributed by atoms with Crippen LogP contribution < -0.4 is 11.1 Å². The first-order chi connectivity index (χ1) is 9.49. The van der Waals surface area contributed by atoms with Crippen LogP contribution in [0.25, 0.3) is 0 Å². The Bertz CT molecular complexity index is 663. The number of nitrogens with one attached hydrogen (secondary N) is 1. The monoisotopic (exact) mass is 330 g/mol. The molecule has 3 N–H and O–H groups in total. The van der Waals surface area contributed by atoms with E-state index in [0.29, 0.717) is 16.6 Å². The fraction of sp³-hybridized carbons (Fsp3) is 0.0833. The van der Waals surface area contributed by atoms with Gasteiger partial charge in [0.25, 0.3) is 5.91 Å². The molecule has 2 rings (SSSR count). The predicted octanol–water partition coefficient (Wildman–Crippen LogP) is 3.15. The molecule has 8 heteroatoms. The third-order valence-electron chi connectivity index (χ3n) is 2.50. The second kappa shape index (κ2) is 6.26.